The maximum Gasteiger partial charge on any atom is 0.244 e. The molecule has 3 aliphatic heterocycles. The molecule has 3 amide bonds. The lowest BCUT2D eigenvalue weighted by Gasteiger charge is -2.34. The summed E-state index contributed by atoms with van der Waals surface area (Å²) in [5.41, 5.74) is 1.00. The summed E-state index contributed by atoms with van der Waals surface area (Å²) in [6, 6.07) is 9.06. The van der Waals surface area contributed by atoms with E-state index < -0.39 is 22.6 Å². The van der Waals surface area contributed by atoms with Crippen molar-refractivity contribution in [2.75, 3.05) is 19.7 Å². The van der Waals surface area contributed by atoms with Crippen LogP contribution in [0.5, 0.6) is 0 Å². The minimum absolute atomic E-state index is 0.110. The van der Waals surface area contributed by atoms with E-state index >= 15 is 0 Å². The van der Waals surface area contributed by atoms with Crippen molar-refractivity contribution in [2.24, 2.45) is 11.8 Å². The molecule has 0 radical (unpaired) electrons. The van der Waals surface area contributed by atoms with Crippen LogP contribution in [0.15, 0.2) is 30.3 Å². The van der Waals surface area contributed by atoms with Gasteiger partial charge >= 0.3 is 0 Å². The highest BCUT2D eigenvalue weighted by Crippen LogP contribution is 2.71. The molecule has 174 valence electrons. The summed E-state index contributed by atoms with van der Waals surface area (Å²) < 4.78 is -1.000. The van der Waals surface area contributed by atoms with Crippen LogP contribution in [0.1, 0.15) is 45.1 Å². The first kappa shape index (κ1) is 23.1. The first-order chi connectivity index (χ1) is 15.4. The van der Waals surface area contributed by atoms with Gasteiger partial charge < -0.3 is 20.6 Å². The van der Waals surface area contributed by atoms with Gasteiger partial charge in [-0.3, -0.25) is 14.4 Å². The lowest BCUT2D eigenvalue weighted by Crippen LogP contribution is -2.54. The summed E-state index contributed by atoms with van der Waals surface area (Å²) in [7, 11) is 0. The molecule has 2 unspecified atom stereocenters. The lowest BCUT2D eigenvalue weighted by molar-refractivity contribution is -0.141. The number of unbranched alkanes of at least 4 members (excludes halogenated alkanes) is 1. The molecule has 1 aromatic rings. The Labute approximate surface area is 193 Å². The number of β-amino-alcohol motifs (C(OH)–C–C–N with tert-alkyl or cyclic N) is 1. The minimum Gasteiger partial charge on any atom is -0.395 e. The zero-order chi connectivity index (χ0) is 22.9. The highest BCUT2D eigenvalue weighted by molar-refractivity contribution is 8.02. The molecule has 8 heteroatoms. The molecule has 32 heavy (non-hydrogen) atoms. The second kappa shape index (κ2) is 9.06. The highest BCUT2D eigenvalue weighted by Gasteiger charge is 2.76. The molecule has 4 rings (SSSR count). The number of nitrogens with one attached hydrogen (secondary N) is 2. The van der Waals surface area contributed by atoms with E-state index in [1.807, 2.05) is 30.3 Å². The van der Waals surface area contributed by atoms with Gasteiger partial charge in [-0.05, 0) is 31.7 Å². The van der Waals surface area contributed by atoms with Crippen LogP contribution in [0.4, 0.5) is 0 Å². The number of amides is 3. The molecule has 3 saturated heterocycles. The topological polar surface area (TPSA) is 98.7 Å². The van der Waals surface area contributed by atoms with Gasteiger partial charge in [0.2, 0.25) is 17.7 Å². The number of hydrogen-bond acceptors (Lipinski definition) is 5. The molecule has 3 aliphatic rings. The van der Waals surface area contributed by atoms with Crippen molar-refractivity contribution >= 4 is 29.5 Å². The second-order valence-electron chi connectivity index (χ2n) is 9.33. The summed E-state index contributed by atoms with van der Waals surface area (Å²) in [6.07, 6.45) is 3.35. The average Bonchev–Trinajstić information content (AvgIpc) is 3.34. The first-order valence-electron chi connectivity index (χ1n) is 11.6. The Morgan fingerprint density at radius 3 is 2.62 bits per heavy atom. The van der Waals surface area contributed by atoms with E-state index in [1.54, 1.807) is 11.8 Å². The van der Waals surface area contributed by atoms with Crippen molar-refractivity contribution in [1.29, 1.82) is 0 Å². The van der Waals surface area contributed by atoms with Crippen molar-refractivity contribution in [3.8, 4) is 0 Å². The second-order valence-corrected chi connectivity index (χ2v) is 11.2. The summed E-state index contributed by atoms with van der Waals surface area (Å²) in [6.45, 7) is 5.00. The van der Waals surface area contributed by atoms with Gasteiger partial charge in [-0.25, -0.2) is 0 Å². The van der Waals surface area contributed by atoms with Gasteiger partial charge in [0.05, 0.1) is 23.2 Å². The van der Waals surface area contributed by atoms with Crippen LogP contribution in [-0.2, 0) is 20.9 Å². The first-order valence-corrected chi connectivity index (χ1v) is 12.4. The Bertz CT molecular complexity index is 881. The van der Waals surface area contributed by atoms with Crippen molar-refractivity contribution < 1.29 is 19.5 Å². The van der Waals surface area contributed by atoms with Crippen LogP contribution in [-0.4, -0.2) is 63.0 Å². The Kier molecular flexibility index (Phi) is 6.54. The van der Waals surface area contributed by atoms with E-state index in [4.69, 9.17) is 0 Å². The standard InChI is InChI=1S/C24H33N3O4S/c1-3-4-12-25-21(30)19-24-11-10-23(2,32-24)17(18(24)22(31)27(19)13-14-28)20(29)26-15-16-8-6-5-7-9-16/h5-9,17-19,28H,3-4,10-15H2,1-2H3,(H,25,30)(H,26,29)/t17-,18-,19?,23+,24?/m0/s1. The fourth-order valence-corrected chi connectivity index (χ4v) is 8.21. The zero-order valence-corrected chi connectivity index (χ0v) is 19.6. The van der Waals surface area contributed by atoms with Gasteiger partial charge in [-0.1, -0.05) is 43.7 Å². The van der Waals surface area contributed by atoms with Crippen LogP contribution in [0.2, 0.25) is 0 Å². The summed E-state index contributed by atoms with van der Waals surface area (Å²) in [5, 5.41) is 15.7. The SMILES string of the molecule is CCCCNC(=O)C1N(CCO)C(=O)[C@@H]2[C@@H](C(=O)NCc3ccccc3)[C@@]3(C)CCC12S3. The average molecular weight is 460 g/mol. The van der Waals surface area contributed by atoms with Crippen molar-refractivity contribution in [2.45, 2.75) is 61.6 Å². The molecule has 3 fully saturated rings. The van der Waals surface area contributed by atoms with Crippen LogP contribution in [0, 0.1) is 11.8 Å². The zero-order valence-electron chi connectivity index (χ0n) is 18.8. The number of likely N-dealkylation sites (tertiary alicyclic amines) is 1. The van der Waals surface area contributed by atoms with Gasteiger partial charge in [-0.15, -0.1) is 11.8 Å². The fraction of sp³-hybridized carbons (Fsp3) is 0.625. The number of carbonyl (C=O) groups excluding carboxylic acids is 3. The molecule has 0 aromatic heterocycles. The maximum atomic E-state index is 13.6. The van der Waals surface area contributed by atoms with E-state index in [1.165, 1.54) is 4.90 Å². The van der Waals surface area contributed by atoms with Gasteiger partial charge in [0.15, 0.2) is 0 Å². The smallest absolute Gasteiger partial charge is 0.244 e. The van der Waals surface area contributed by atoms with E-state index in [0.29, 0.717) is 13.1 Å². The summed E-state index contributed by atoms with van der Waals surface area (Å²) in [4.78, 5) is 41.8. The molecular formula is C24H33N3O4S. The molecule has 1 aromatic carbocycles. The molecule has 0 saturated carbocycles. The molecular weight excluding hydrogens is 426 g/mol. The molecule has 3 heterocycles. The largest absolute Gasteiger partial charge is 0.395 e. The van der Waals surface area contributed by atoms with E-state index in [2.05, 4.69) is 24.5 Å². The minimum atomic E-state index is -0.650. The van der Waals surface area contributed by atoms with E-state index in [-0.39, 0.29) is 35.6 Å². The van der Waals surface area contributed by atoms with Gasteiger partial charge in [0.25, 0.3) is 0 Å². The number of aliphatic hydroxyl groups is 1. The number of rotatable bonds is 9. The lowest BCUT2D eigenvalue weighted by atomic mass is 9.66. The fourth-order valence-electron chi connectivity index (χ4n) is 5.86. The van der Waals surface area contributed by atoms with Gasteiger partial charge in [-0.2, -0.15) is 0 Å². The normalized spacial score (nSPS) is 32.8. The van der Waals surface area contributed by atoms with E-state index in [0.717, 1.165) is 31.2 Å². The number of thioether (sulfide) groups is 1. The van der Waals surface area contributed by atoms with Crippen molar-refractivity contribution in [3.05, 3.63) is 35.9 Å². The predicted molar refractivity (Wildman–Crippen MR) is 124 cm³/mol. The van der Waals surface area contributed by atoms with Crippen LogP contribution in [0.25, 0.3) is 0 Å². The van der Waals surface area contributed by atoms with Crippen LogP contribution >= 0.6 is 11.8 Å². The van der Waals surface area contributed by atoms with Gasteiger partial charge in [0.1, 0.15) is 6.04 Å². The summed E-state index contributed by atoms with van der Waals surface area (Å²) >= 11 is 1.65. The Morgan fingerprint density at radius 2 is 1.94 bits per heavy atom. The number of hydrogen-bond donors (Lipinski definition) is 3. The Balaban J connectivity index is 1.60. The highest BCUT2D eigenvalue weighted by atomic mass is 32.2. The third-order valence-corrected chi connectivity index (χ3v) is 9.27. The molecule has 0 aliphatic carbocycles. The van der Waals surface area contributed by atoms with E-state index in [9.17, 15) is 19.5 Å². The molecule has 1 spiro atoms. The van der Waals surface area contributed by atoms with Crippen LogP contribution in [0.3, 0.4) is 0 Å². The molecule has 2 bridgehead atoms. The van der Waals surface area contributed by atoms with Gasteiger partial charge in [0, 0.05) is 24.4 Å². The molecule has 5 atom stereocenters. The van der Waals surface area contributed by atoms with Crippen LogP contribution < -0.4 is 10.6 Å². The van der Waals surface area contributed by atoms with Crippen molar-refractivity contribution in [3.63, 3.8) is 0 Å². The molecule has 3 N–H and O–H groups in total. The third kappa shape index (κ3) is 3.71. The number of aliphatic hydroxyl groups excluding tert-OH is 1. The number of carbonyl (C=O) groups is 3. The predicted octanol–water partition coefficient (Wildman–Crippen LogP) is 1.69. The Hall–Kier alpha value is -2.06. The number of nitrogens with zero attached hydrogens (tertiary/aromatic N) is 1. The summed E-state index contributed by atoms with van der Waals surface area (Å²) in [5.74, 6) is -1.50. The maximum absolute atomic E-state index is 13.6. The number of fused-ring (bicyclic) bond motifs is 1. The Morgan fingerprint density at radius 1 is 1.19 bits per heavy atom. The quantitative estimate of drug-likeness (QED) is 0.488. The number of benzene rings is 1. The third-order valence-electron chi connectivity index (χ3n) is 7.29. The van der Waals surface area contributed by atoms with Crippen molar-refractivity contribution in [1.82, 2.24) is 15.5 Å². The monoisotopic (exact) mass is 459 g/mol. The molecule has 7 nitrogen and oxygen atoms in total.